The highest BCUT2D eigenvalue weighted by Gasteiger charge is 2.28. The van der Waals surface area contributed by atoms with Gasteiger partial charge in [0.1, 0.15) is 11.5 Å². The number of rotatable bonds is 5. The molecule has 1 aliphatic heterocycles. The first-order chi connectivity index (χ1) is 17.4. The molecule has 0 aliphatic carbocycles. The summed E-state index contributed by atoms with van der Waals surface area (Å²) in [5.74, 6) is 1.03. The molecule has 36 heavy (non-hydrogen) atoms. The van der Waals surface area contributed by atoms with Crippen LogP contribution in [0.2, 0.25) is 0 Å². The number of aromatic nitrogens is 2. The predicted molar refractivity (Wildman–Crippen MR) is 131 cm³/mol. The molecule has 8 nitrogen and oxygen atoms in total. The molecule has 9 heteroatoms. The number of hydrogen-bond acceptors (Lipinski definition) is 7. The van der Waals surface area contributed by atoms with E-state index in [1.165, 1.54) is 33.5 Å². The minimum atomic E-state index is -0.380. The minimum Gasteiger partial charge on any atom is -0.504 e. The van der Waals surface area contributed by atoms with Gasteiger partial charge in [-0.1, -0.05) is 6.07 Å². The SMILES string of the molecule is COc1cc2nc(-c3ccc(F)cc3)nc(C(=O)N3CCc4c(ccc(OC)c4O)C3)c2cc1OC. The van der Waals surface area contributed by atoms with Gasteiger partial charge in [-0.05, 0) is 48.4 Å². The van der Waals surface area contributed by atoms with Crippen molar-refractivity contribution < 1.29 is 28.5 Å². The van der Waals surface area contributed by atoms with E-state index in [0.717, 1.165) is 11.1 Å². The molecule has 1 amide bonds. The third-order valence-electron chi connectivity index (χ3n) is 6.35. The Morgan fingerprint density at radius 3 is 2.33 bits per heavy atom. The fourth-order valence-corrected chi connectivity index (χ4v) is 4.45. The van der Waals surface area contributed by atoms with Gasteiger partial charge in [-0.3, -0.25) is 4.79 Å². The van der Waals surface area contributed by atoms with Gasteiger partial charge in [0.15, 0.2) is 28.8 Å². The number of carbonyl (C=O) groups excluding carboxylic acids is 1. The number of phenolic OH excluding ortho intramolecular Hbond substituents is 1. The number of phenols is 1. The minimum absolute atomic E-state index is 0.102. The van der Waals surface area contributed by atoms with Crippen LogP contribution in [0.5, 0.6) is 23.0 Å². The summed E-state index contributed by atoms with van der Waals surface area (Å²) in [4.78, 5) is 24.8. The van der Waals surface area contributed by atoms with Crippen LogP contribution in [0.1, 0.15) is 21.6 Å². The maximum atomic E-state index is 13.8. The molecule has 1 aliphatic rings. The predicted octanol–water partition coefficient (Wildman–Crippen LogP) is 4.37. The van der Waals surface area contributed by atoms with Crippen molar-refractivity contribution in [3.63, 3.8) is 0 Å². The zero-order valence-corrected chi connectivity index (χ0v) is 20.0. The number of nitrogens with zero attached hydrogens (tertiary/aromatic N) is 3. The van der Waals surface area contributed by atoms with E-state index in [4.69, 9.17) is 14.2 Å². The number of methoxy groups -OCH3 is 3. The molecule has 1 aromatic heterocycles. The van der Waals surface area contributed by atoms with E-state index < -0.39 is 0 Å². The second kappa shape index (κ2) is 9.33. The van der Waals surface area contributed by atoms with Crippen molar-refractivity contribution in [2.75, 3.05) is 27.9 Å². The smallest absolute Gasteiger partial charge is 0.273 e. The normalized spacial score (nSPS) is 12.8. The molecule has 0 saturated carbocycles. The van der Waals surface area contributed by atoms with Crippen LogP contribution >= 0.6 is 0 Å². The van der Waals surface area contributed by atoms with Gasteiger partial charge in [0.05, 0.1) is 26.8 Å². The Bertz CT molecular complexity index is 1470. The second-order valence-electron chi connectivity index (χ2n) is 8.36. The molecule has 0 unspecified atom stereocenters. The Labute approximate surface area is 206 Å². The number of hydrogen-bond donors (Lipinski definition) is 1. The highest BCUT2D eigenvalue weighted by molar-refractivity contribution is 6.05. The Hall–Kier alpha value is -4.40. The maximum absolute atomic E-state index is 13.8. The lowest BCUT2D eigenvalue weighted by Crippen LogP contribution is -2.36. The molecule has 0 bridgehead atoms. The van der Waals surface area contributed by atoms with E-state index in [-0.39, 0.29) is 29.0 Å². The van der Waals surface area contributed by atoms with E-state index in [9.17, 15) is 14.3 Å². The monoisotopic (exact) mass is 489 g/mol. The first kappa shape index (κ1) is 23.3. The van der Waals surface area contributed by atoms with Crippen molar-refractivity contribution in [1.29, 1.82) is 0 Å². The van der Waals surface area contributed by atoms with Crippen LogP contribution in [0.4, 0.5) is 4.39 Å². The first-order valence-corrected chi connectivity index (χ1v) is 11.3. The van der Waals surface area contributed by atoms with Crippen molar-refractivity contribution >= 4 is 16.8 Å². The van der Waals surface area contributed by atoms with Crippen LogP contribution in [0, 0.1) is 5.82 Å². The molecule has 5 rings (SSSR count). The van der Waals surface area contributed by atoms with Crippen LogP contribution in [0.25, 0.3) is 22.3 Å². The van der Waals surface area contributed by atoms with E-state index in [1.54, 1.807) is 35.2 Å². The molecular weight excluding hydrogens is 465 g/mol. The van der Waals surface area contributed by atoms with E-state index >= 15 is 0 Å². The van der Waals surface area contributed by atoms with Gasteiger partial charge >= 0.3 is 0 Å². The Balaban J connectivity index is 1.62. The van der Waals surface area contributed by atoms with Crippen molar-refractivity contribution in [2.24, 2.45) is 0 Å². The Morgan fingerprint density at radius 2 is 1.64 bits per heavy atom. The fraction of sp³-hybridized carbons (Fsp3) is 0.222. The first-order valence-electron chi connectivity index (χ1n) is 11.3. The summed E-state index contributed by atoms with van der Waals surface area (Å²) < 4.78 is 29.6. The van der Waals surface area contributed by atoms with Crippen molar-refractivity contribution in [1.82, 2.24) is 14.9 Å². The van der Waals surface area contributed by atoms with Crippen LogP contribution in [0.15, 0.2) is 48.5 Å². The third-order valence-corrected chi connectivity index (χ3v) is 6.35. The summed E-state index contributed by atoms with van der Waals surface area (Å²) in [6.07, 6.45) is 0.467. The summed E-state index contributed by atoms with van der Waals surface area (Å²) >= 11 is 0. The van der Waals surface area contributed by atoms with Crippen LogP contribution < -0.4 is 14.2 Å². The molecule has 2 heterocycles. The molecule has 3 aromatic carbocycles. The Kier molecular flexibility index (Phi) is 6.05. The average Bonchev–Trinajstić information content (AvgIpc) is 2.91. The molecule has 0 saturated heterocycles. The van der Waals surface area contributed by atoms with Gasteiger partial charge < -0.3 is 24.2 Å². The summed E-state index contributed by atoms with van der Waals surface area (Å²) in [6, 6.07) is 12.7. The molecular formula is C27H24FN3O5. The lowest BCUT2D eigenvalue weighted by Gasteiger charge is -2.29. The highest BCUT2D eigenvalue weighted by atomic mass is 19.1. The van der Waals surface area contributed by atoms with E-state index in [0.29, 0.717) is 53.2 Å². The quantitative estimate of drug-likeness (QED) is 0.445. The van der Waals surface area contributed by atoms with Crippen LogP contribution in [0.3, 0.4) is 0 Å². The number of carbonyl (C=O) groups is 1. The van der Waals surface area contributed by atoms with Crippen molar-refractivity contribution in [2.45, 2.75) is 13.0 Å². The van der Waals surface area contributed by atoms with Gasteiger partial charge in [-0.2, -0.15) is 0 Å². The zero-order valence-electron chi connectivity index (χ0n) is 20.0. The number of fused-ring (bicyclic) bond motifs is 2. The van der Waals surface area contributed by atoms with Gasteiger partial charge in [-0.25, -0.2) is 14.4 Å². The lowest BCUT2D eigenvalue weighted by molar-refractivity contribution is 0.0730. The average molecular weight is 490 g/mol. The topological polar surface area (TPSA) is 94.0 Å². The molecule has 0 fully saturated rings. The number of benzene rings is 3. The van der Waals surface area contributed by atoms with Gasteiger partial charge in [0, 0.05) is 35.7 Å². The summed E-state index contributed by atoms with van der Waals surface area (Å²) in [5, 5.41) is 11.0. The molecule has 0 spiro atoms. The largest absolute Gasteiger partial charge is 0.504 e. The van der Waals surface area contributed by atoms with Crippen molar-refractivity contribution in [3.8, 4) is 34.4 Å². The van der Waals surface area contributed by atoms with E-state index in [1.807, 2.05) is 6.07 Å². The standard InChI is InChI=1S/C27H24FN3O5/c1-34-21-9-6-16-14-31(11-10-18(16)25(21)32)27(33)24-19-12-22(35-2)23(36-3)13-20(19)29-26(30-24)15-4-7-17(28)8-5-15/h4-9,12-13,32H,10-11,14H2,1-3H3. The maximum Gasteiger partial charge on any atom is 0.273 e. The van der Waals surface area contributed by atoms with Gasteiger partial charge in [0.25, 0.3) is 5.91 Å². The molecule has 1 N–H and O–H groups in total. The Morgan fingerprint density at radius 1 is 0.944 bits per heavy atom. The fourth-order valence-electron chi connectivity index (χ4n) is 4.45. The number of ether oxygens (including phenoxy) is 3. The number of halogens is 1. The summed E-state index contributed by atoms with van der Waals surface area (Å²) in [5.41, 5.74) is 2.86. The second-order valence-corrected chi connectivity index (χ2v) is 8.36. The molecule has 0 radical (unpaired) electrons. The van der Waals surface area contributed by atoms with Gasteiger partial charge in [-0.15, -0.1) is 0 Å². The van der Waals surface area contributed by atoms with Crippen molar-refractivity contribution in [3.05, 3.63) is 71.2 Å². The summed E-state index contributed by atoms with van der Waals surface area (Å²) in [7, 11) is 4.54. The number of aromatic hydroxyl groups is 1. The molecule has 184 valence electrons. The number of amides is 1. The van der Waals surface area contributed by atoms with Crippen LogP contribution in [-0.2, 0) is 13.0 Å². The van der Waals surface area contributed by atoms with Crippen LogP contribution in [-0.4, -0.2) is 53.8 Å². The molecule has 4 aromatic rings. The molecule has 0 atom stereocenters. The van der Waals surface area contributed by atoms with Gasteiger partial charge in [0.2, 0.25) is 0 Å². The highest BCUT2D eigenvalue weighted by Crippen LogP contribution is 2.37. The third kappa shape index (κ3) is 4.02. The lowest BCUT2D eigenvalue weighted by atomic mass is 9.97. The zero-order chi connectivity index (χ0) is 25.4. The van der Waals surface area contributed by atoms with E-state index in [2.05, 4.69) is 9.97 Å². The summed E-state index contributed by atoms with van der Waals surface area (Å²) in [6.45, 7) is 0.688.